The highest BCUT2D eigenvalue weighted by molar-refractivity contribution is 5.84. The van der Waals surface area contributed by atoms with Gasteiger partial charge in [-0.15, -0.1) is 0 Å². The van der Waals surface area contributed by atoms with Crippen LogP contribution < -0.4 is 10.1 Å². The number of carbonyl (C=O) groups excluding carboxylic acids is 1. The van der Waals surface area contributed by atoms with Gasteiger partial charge in [-0.2, -0.15) is 0 Å². The van der Waals surface area contributed by atoms with Gasteiger partial charge in [0.25, 0.3) is 0 Å². The molecule has 1 rings (SSSR count). The molecule has 0 unspecified atom stereocenters. The number of hydrogen-bond donors (Lipinski definition) is 1. The predicted molar refractivity (Wildman–Crippen MR) is 89.6 cm³/mol. The van der Waals surface area contributed by atoms with Gasteiger partial charge in [-0.1, -0.05) is 27.2 Å². The first-order valence-electron chi connectivity index (χ1n) is 8.08. The smallest absolute Gasteiger partial charge is 0.411 e. The van der Waals surface area contributed by atoms with Crippen molar-refractivity contribution in [1.29, 1.82) is 0 Å². The first-order chi connectivity index (χ1) is 10.7. The summed E-state index contributed by atoms with van der Waals surface area (Å²) < 4.78 is 10.7. The highest BCUT2D eigenvalue weighted by atomic mass is 16.5. The number of nitrogens with one attached hydrogen (secondary N) is 1. The van der Waals surface area contributed by atoms with Crippen molar-refractivity contribution in [1.82, 2.24) is 4.90 Å². The minimum atomic E-state index is -0.413. The molecule has 5 heteroatoms. The molecule has 0 atom stereocenters. The molecule has 0 fully saturated rings. The average molecular weight is 308 g/mol. The molecule has 5 nitrogen and oxygen atoms in total. The van der Waals surface area contributed by atoms with E-state index in [1.54, 1.807) is 0 Å². The number of unbranched alkanes of at least 4 members (excludes halogenated alkanes) is 1. The number of nitrogens with zero attached hydrogens (tertiary/aromatic N) is 1. The van der Waals surface area contributed by atoms with Crippen LogP contribution in [0.25, 0.3) is 0 Å². The summed E-state index contributed by atoms with van der Waals surface area (Å²) >= 11 is 0. The number of amides is 1. The van der Waals surface area contributed by atoms with Crippen molar-refractivity contribution >= 4 is 11.8 Å². The summed E-state index contributed by atoms with van der Waals surface area (Å²) in [7, 11) is 0. The monoisotopic (exact) mass is 308 g/mol. The van der Waals surface area contributed by atoms with Crippen molar-refractivity contribution in [3.05, 3.63) is 24.3 Å². The van der Waals surface area contributed by atoms with Crippen LogP contribution >= 0.6 is 0 Å². The van der Waals surface area contributed by atoms with E-state index in [4.69, 9.17) is 9.47 Å². The van der Waals surface area contributed by atoms with Crippen LogP contribution in [0.15, 0.2) is 24.3 Å². The second-order valence-corrected chi connectivity index (χ2v) is 5.01. The maximum absolute atomic E-state index is 11.5. The molecule has 0 saturated heterocycles. The molecule has 1 aromatic carbocycles. The lowest BCUT2D eigenvalue weighted by atomic mass is 10.3. The van der Waals surface area contributed by atoms with E-state index in [1.807, 2.05) is 24.3 Å². The third-order valence-electron chi connectivity index (χ3n) is 3.40. The molecule has 0 aliphatic carbocycles. The zero-order chi connectivity index (χ0) is 16.2. The van der Waals surface area contributed by atoms with E-state index >= 15 is 0 Å². The minimum absolute atomic E-state index is 0.413. The fraction of sp³-hybridized carbons (Fsp3) is 0.588. The zero-order valence-corrected chi connectivity index (χ0v) is 13.9. The van der Waals surface area contributed by atoms with Crippen LogP contribution in [0.1, 0.15) is 33.6 Å². The van der Waals surface area contributed by atoms with Crippen molar-refractivity contribution in [3.8, 4) is 5.75 Å². The van der Waals surface area contributed by atoms with E-state index in [-0.39, 0.29) is 0 Å². The highest BCUT2D eigenvalue weighted by Gasteiger charge is 2.03. The number of carbonyl (C=O) groups is 1. The van der Waals surface area contributed by atoms with Gasteiger partial charge in [0.05, 0.1) is 6.61 Å². The van der Waals surface area contributed by atoms with Gasteiger partial charge in [-0.25, -0.2) is 4.79 Å². The van der Waals surface area contributed by atoms with Gasteiger partial charge < -0.3 is 14.4 Å². The minimum Gasteiger partial charge on any atom is -0.492 e. The number of ether oxygens (including phenoxy) is 2. The number of rotatable bonds is 10. The Hall–Kier alpha value is -1.75. The molecule has 0 aliphatic rings. The molecular weight excluding hydrogens is 280 g/mol. The van der Waals surface area contributed by atoms with Crippen LogP contribution in [0, 0.1) is 0 Å². The van der Waals surface area contributed by atoms with E-state index in [9.17, 15) is 4.79 Å². The van der Waals surface area contributed by atoms with E-state index < -0.39 is 6.09 Å². The summed E-state index contributed by atoms with van der Waals surface area (Å²) in [5.41, 5.74) is 0.706. The Kier molecular flexibility index (Phi) is 9.07. The lowest BCUT2D eigenvalue weighted by Gasteiger charge is -2.18. The van der Waals surface area contributed by atoms with Gasteiger partial charge in [0.1, 0.15) is 12.4 Å². The van der Waals surface area contributed by atoms with Crippen molar-refractivity contribution in [2.75, 3.05) is 38.2 Å². The van der Waals surface area contributed by atoms with Crippen LogP contribution in [0.2, 0.25) is 0 Å². The van der Waals surface area contributed by atoms with Gasteiger partial charge in [0.2, 0.25) is 0 Å². The van der Waals surface area contributed by atoms with Crippen molar-refractivity contribution in [2.45, 2.75) is 33.6 Å². The Bertz CT molecular complexity index is 416. The van der Waals surface area contributed by atoms with E-state index in [2.05, 4.69) is 31.0 Å². The molecule has 1 aromatic rings. The molecule has 0 heterocycles. The molecule has 0 aromatic heterocycles. The lowest BCUT2D eigenvalue weighted by Crippen LogP contribution is -2.27. The number of benzene rings is 1. The molecule has 124 valence electrons. The Labute approximate surface area is 133 Å². The first kappa shape index (κ1) is 18.3. The molecular formula is C17H28N2O3. The molecule has 1 N–H and O–H groups in total. The van der Waals surface area contributed by atoms with Crippen molar-refractivity contribution in [3.63, 3.8) is 0 Å². The summed E-state index contributed by atoms with van der Waals surface area (Å²) in [5, 5.41) is 2.70. The summed E-state index contributed by atoms with van der Waals surface area (Å²) in [6, 6.07) is 7.33. The lowest BCUT2D eigenvalue weighted by molar-refractivity contribution is 0.160. The predicted octanol–water partition coefficient (Wildman–Crippen LogP) is 3.76. The Morgan fingerprint density at radius 2 is 1.77 bits per heavy atom. The van der Waals surface area contributed by atoms with Crippen molar-refractivity contribution in [2.24, 2.45) is 0 Å². The summed E-state index contributed by atoms with van der Waals surface area (Å²) in [5.74, 6) is 0.803. The Balaban J connectivity index is 2.31. The largest absolute Gasteiger partial charge is 0.492 e. The van der Waals surface area contributed by atoms with E-state index in [1.165, 1.54) is 0 Å². The molecule has 1 amide bonds. The zero-order valence-electron chi connectivity index (χ0n) is 13.9. The number of anilines is 1. The highest BCUT2D eigenvalue weighted by Crippen LogP contribution is 2.15. The van der Waals surface area contributed by atoms with E-state index in [0.29, 0.717) is 18.9 Å². The van der Waals surface area contributed by atoms with Gasteiger partial charge in [-0.05, 0) is 43.8 Å². The second kappa shape index (κ2) is 10.9. The SMILES string of the molecule is CCCCOC(=O)Nc1ccc(OCCN(CC)CC)cc1. The maximum Gasteiger partial charge on any atom is 0.411 e. The maximum atomic E-state index is 11.5. The molecule has 0 spiro atoms. The second-order valence-electron chi connectivity index (χ2n) is 5.01. The summed E-state index contributed by atoms with van der Waals surface area (Å²) in [6.07, 6.45) is 1.48. The standard InChI is InChI=1S/C17H28N2O3/c1-4-7-13-22-17(20)18-15-8-10-16(11-9-15)21-14-12-19(5-2)6-3/h8-11H,4-7,12-14H2,1-3H3,(H,18,20). The van der Waals surface area contributed by atoms with Crippen LogP contribution in [-0.4, -0.2) is 43.8 Å². The van der Waals surface area contributed by atoms with Crippen LogP contribution in [0.3, 0.4) is 0 Å². The average Bonchev–Trinajstić information content (AvgIpc) is 2.53. The first-order valence-corrected chi connectivity index (χ1v) is 8.08. The van der Waals surface area contributed by atoms with Gasteiger partial charge in [0, 0.05) is 12.2 Å². The Morgan fingerprint density at radius 1 is 1.09 bits per heavy atom. The van der Waals surface area contributed by atoms with E-state index in [0.717, 1.165) is 38.2 Å². The third kappa shape index (κ3) is 7.31. The molecule has 0 saturated carbocycles. The summed E-state index contributed by atoms with van der Waals surface area (Å²) in [4.78, 5) is 13.8. The molecule has 0 aliphatic heterocycles. The van der Waals surface area contributed by atoms with Crippen LogP contribution in [-0.2, 0) is 4.74 Å². The Morgan fingerprint density at radius 3 is 2.36 bits per heavy atom. The summed E-state index contributed by atoms with van der Waals surface area (Å²) in [6.45, 7) is 10.4. The fourth-order valence-electron chi connectivity index (χ4n) is 1.93. The fourth-order valence-corrected chi connectivity index (χ4v) is 1.93. The molecule has 22 heavy (non-hydrogen) atoms. The quantitative estimate of drug-likeness (QED) is 0.669. The molecule has 0 radical (unpaired) electrons. The van der Waals surface area contributed by atoms with Gasteiger partial charge in [-0.3, -0.25) is 5.32 Å². The molecule has 0 bridgehead atoms. The third-order valence-corrected chi connectivity index (χ3v) is 3.40. The van der Waals surface area contributed by atoms with Crippen molar-refractivity contribution < 1.29 is 14.3 Å². The van der Waals surface area contributed by atoms with Crippen LogP contribution in [0.4, 0.5) is 10.5 Å². The number of likely N-dealkylation sites (N-methyl/N-ethyl adjacent to an activating group) is 1. The normalized spacial score (nSPS) is 10.5. The van der Waals surface area contributed by atoms with Gasteiger partial charge in [0.15, 0.2) is 0 Å². The van der Waals surface area contributed by atoms with Gasteiger partial charge >= 0.3 is 6.09 Å². The van der Waals surface area contributed by atoms with Crippen LogP contribution in [0.5, 0.6) is 5.75 Å². The number of hydrogen-bond acceptors (Lipinski definition) is 4. The topological polar surface area (TPSA) is 50.8 Å².